The predicted octanol–water partition coefficient (Wildman–Crippen LogP) is 1.90. The number of carbonyl (C=O) groups is 1. The standard InChI is InChI=1S/C23H32N6O3/c1-28-16-24-13-19(28)21-26-18(12-20(27-21)32-14-17-2-10-31-11-3-17)22(30)25-15-23-4-7-29(8-5-23)9-6-23/h12-13,16-17H,2-11,14-15H2,1H3,(H,25,30). The Balaban J connectivity index is 1.32. The van der Waals surface area contributed by atoms with Gasteiger partial charge in [-0.05, 0) is 63.1 Å². The Morgan fingerprint density at radius 1 is 1.22 bits per heavy atom. The van der Waals surface area contributed by atoms with Crippen LogP contribution in [-0.2, 0) is 11.8 Å². The van der Waals surface area contributed by atoms with E-state index >= 15 is 0 Å². The number of ether oxygens (including phenoxy) is 2. The van der Waals surface area contributed by atoms with E-state index in [0.29, 0.717) is 36.5 Å². The molecule has 0 spiro atoms. The Labute approximate surface area is 188 Å². The van der Waals surface area contributed by atoms with Crippen LogP contribution in [0.1, 0.15) is 42.6 Å². The largest absolute Gasteiger partial charge is 0.477 e. The zero-order valence-corrected chi connectivity index (χ0v) is 18.8. The van der Waals surface area contributed by atoms with Gasteiger partial charge in [-0.1, -0.05) is 0 Å². The molecule has 4 saturated heterocycles. The molecule has 1 amide bonds. The smallest absolute Gasteiger partial charge is 0.270 e. The summed E-state index contributed by atoms with van der Waals surface area (Å²) in [5.74, 6) is 1.14. The fourth-order valence-corrected chi connectivity index (χ4v) is 4.94. The first-order valence-electron chi connectivity index (χ1n) is 11.7. The summed E-state index contributed by atoms with van der Waals surface area (Å²) in [4.78, 5) is 28.9. The first-order chi connectivity index (χ1) is 15.6. The number of hydrogen-bond acceptors (Lipinski definition) is 7. The molecule has 0 saturated carbocycles. The number of carbonyl (C=O) groups excluding carboxylic acids is 1. The van der Waals surface area contributed by atoms with Crippen LogP contribution in [0.25, 0.3) is 11.5 Å². The van der Waals surface area contributed by atoms with Gasteiger partial charge in [0.05, 0.1) is 19.1 Å². The Morgan fingerprint density at radius 3 is 2.66 bits per heavy atom. The van der Waals surface area contributed by atoms with Gasteiger partial charge in [0.25, 0.3) is 5.91 Å². The van der Waals surface area contributed by atoms with Gasteiger partial charge in [0.1, 0.15) is 11.4 Å². The van der Waals surface area contributed by atoms with Crippen molar-refractivity contribution in [3.8, 4) is 17.4 Å². The highest BCUT2D eigenvalue weighted by molar-refractivity contribution is 5.93. The fourth-order valence-electron chi connectivity index (χ4n) is 4.94. The Kier molecular flexibility index (Phi) is 6.10. The van der Waals surface area contributed by atoms with Crippen molar-refractivity contribution in [1.82, 2.24) is 29.7 Å². The summed E-state index contributed by atoms with van der Waals surface area (Å²) < 4.78 is 13.3. The lowest BCUT2D eigenvalue weighted by atomic mass is 9.72. The van der Waals surface area contributed by atoms with E-state index in [1.54, 1.807) is 18.6 Å². The molecule has 0 unspecified atom stereocenters. The van der Waals surface area contributed by atoms with Gasteiger partial charge in [-0.25, -0.2) is 9.97 Å². The van der Waals surface area contributed by atoms with Gasteiger partial charge >= 0.3 is 0 Å². The van der Waals surface area contributed by atoms with Crippen LogP contribution < -0.4 is 10.1 Å². The first-order valence-corrected chi connectivity index (χ1v) is 11.7. The Hall–Kier alpha value is -2.52. The van der Waals surface area contributed by atoms with Crippen molar-refractivity contribution < 1.29 is 14.3 Å². The number of rotatable bonds is 7. The van der Waals surface area contributed by atoms with Gasteiger partial charge in [-0.3, -0.25) is 4.79 Å². The topological polar surface area (TPSA) is 94.4 Å². The van der Waals surface area contributed by atoms with Gasteiger partial charge in [0, 0.05) is 32.9 Å². The monoisotopic (exact) mass is 440 g/mol. The van der Waals surface area contributed by atoms with E-state index in [-0.39, 0.29) is 11.3 Å². The second-order valence-electron chi connectivity index (χ2n) is 9.45. The third kappa shape index (κ3) is 4.63. The number of nitrogens with one attached hydrogen (secondary N) is 1. The summed E-state index contributed by atoms with van der Waals surface area (Å²) in [5, 5.41) is 3.16. The van der Waals surface area contributed by atoms with Crippen LogP contribution in [0.2, 0.25) is 0 Å². The minimum absolute atomic E-state index is 0.172. The number of fused-ring (bicyclic) bond motifs is 3. The molecule has 4 fully saturated rings. The van der Waals surface area contributed by atoms with E-state index < -0.39 is 0 Å². The molecule has 9 nitrogen and oxygen atoms in total. The number of hydrogen-bond donors (Lipinski definition) is 1. The summed E-state index contributed by atoms with van der Waals surface area (Å²) in [5.41, 5.74) is 1.31. The lowest BCUT2D eigenvalue weighted by Crippen LogP contribution is -2.52. The van der Waals surface area contributed by atoms with Crippen molar-refractivity contribution in [3.63, 3.8) is 0 Å². The van der Waals surface area contributed by atoms with Crippen molar-refractivity contribution in [2.24, 2.45) is 18.4 Å². The number of aromatic nitrogens is 4. The molecule has 6 heterocycles. The van der Waals surface area contributed by atoms with Gasteiger partial charge in [-0.2, -0.15) is 4.98 Å². The van der Waals surface area contributed by atoms with Gasteiger partial charge < -0.3 is 24.3 Å². The molecule has 4 aliphatic rings. The van der Waals surface area contributed by atoms with Crippen molar-refractivity contribution >= 4 is 5.91 Å². The molecule has 4 aliphatic heterocycles. The van der Waals surface area contributed by atoms with Crippen LogP contribution in [0.3, 0.4) is 0 Å². The van der Waals surface area contributed by atoms with Gasteiger partial charge in [0.15, 0.2) is 5.82 Å². The minimum atomic E-state index is -0.172. The van der Waals surface area contributed by atoms with Gasteiger partial charge in [0.2, 0.25) is 5.88 Å². The van der Waals surface area contributed by atoms with Crippen molar-refractivity contribution in [3.05, 3.63) is 24.3 Å². The average Bonchev–Trinajstić information content (AvgIpc) is 3.29. The summed E-state index contributed by atoms with van der Waals surface area (Å²) >= 11 is 0. The number of amides is 1. The normalized spacial score (nSPS) is 25.6. The Bertz CT molecular complexity index is 933. The van der Waals surface area contributed by atoms with Crippen LogP contribution >= 0.6 is 0 Å². The van der Waals surface area contributed by atoms with E-state index in [1.165, 1.54) is 0 Å². The van der Waals surface area contributed by atoms with Crippen LogP contribution in [0.4, 0.5) is 0 Å². The third-order valence-electron chi connectivity index (χ3n) is 7.29. The van der Waals surface area contributed by atoms with Crippen molar-refractivity contribution in [1.29, 1.82) is 0 Å². The Morgan fingerprint density at radius 2 is 1.97 bits per heavy atom. The molecular weight excluding hydrogens is 408 g/mol. The molecule has 2 bridgehead atoms. The summed E-state index contributed by atoms with van der Waals surface area (Å²) in [6.07, 6.45) is 8.81. The second-order valence-corrected chi connectivity index (χ2v) is 9.45. The van der Waals surface area contributed by atoms with Crippen LogP contribution in [0.15, 0.2) is 18.6 Å². The number of piperidine rings is 3. The van der Waals surface area contributed by atoms with Crippen molar-refractivity contribution in [2.75, 3.05) is 46.0 Å². The lowest BCUT2D eigenvalue weighted by molar-refractivity contribution is 0.0261. The van der Waals surface area contributed by atoms with E-state index in [1.807, 2.05) is 11.6 Å². The maximum atomic E-state index is 13.1. The minimum Gasteiger partial charge on any atom is -0.477 e. The molecule has 0 aliphatic carbocycles. The van der Waals surface area contributed by atoms with Gasteiger partial charge in [-0.15, -0.1) is 0 Å². The molecule has 2 aromatic heterocycles. The van der Waals surface area contributed by atoms with Crippen LogP contribution in [-0.4, -0.2) is 76.3 Å². The number of aryl methyl sites for hydroxylation is 1. The fraction of sp³-hybridized carbons (Fsp3) is 0.652. The zero-order chi connectivity index (χ0) is 22.0. The molecule has 0 atom stereocenters. The highest BCUT2D eigenvalue weighted by atomic mass is 16.5. The molecule has 32 heavy (non-hydrogen) atoms. The van der Waals surface area contributed by atoms with E-state index in [9.17, 15) is 4.79 Å². The first kappa shape index (κ1) is 21.3. The number of imidazole rings is 1. The van der Waals surface area contributed by atoms with Crippen LogP contribution in [0, 0.1) is 11.3 Å². The molecule has 2 aromatic rings. The summed E-state index contributed by atoms with van der Waals surface area (Å²) in [6, 6.07) is 1.66. The molecular formula is C23H32N6O3. The third-order valence-corrected chi connectivity index (χ3v) is 7.29. The highest BCUT2D eigenvalue weighted by Gasteiger charge is 2.39. The van der Waals surface area contributed by atoms with E-state index in [4.69, 9.17) is 9.47 Å². The van der Waals surface area contributed by atoms with Crippen LogP contribution in [0.5, 0.6) is 5.88 Å². The maximum absolute atomic E-state index is 13.1. The molecule has 1 N–H and O–H groups in total. The quantitative estimate of drug-likeness (QED) is 0.703. The average molecular weight is 441 g/mol. The summed E-state index contributed by atoms with van der Waals surface area (Å²) in [6.45, 7) is 6.21. The van der Waals surface area contributed by atoms with E-state index in [2.05, 4.69) is 25.2 Å². The molecule has 172 valence electrons. The predicted molar refractivity (Wildman–Crippen MR) is 118 cm³/mol. The molecule has 9 heteroatoms. The molecule has 0 aromatic carbocycles. The molecule has 0 radical (unpaired) electrons. The maximum Gasteiger partial charge on any atom is 0.270 e. The molecule has 6 rings (SSSR count). The SMILES string of the molecule is Cn1cncc1-c1nc(OCC2CCOCC2)cc(C(=O)NCC23CCN(CC2)CC3)n1. The summed E-state index contributed by atoms with van der Waals surface area (Å²) in [7, 11) is 1.88. The highest BCUT2D eigenvalue weighted by Crippen LogP contribution is 2.39. The van der Waals surface area contributed by atoms with Crippen molar-refractivity contribution in [2.45, 2.75) is 32.1 Å². The zero-order valence-electron chi connectivity index (χ0n) is 18.8. The lowest BCUT2D eigenvalue weighted by Gasteiger charge is -2.48. The second kappa shape index (κ2) is 9.15. The number of nitrogens with zero attached hydrogens (tertiary/aromatic N) is 5. The van der Waals surface area contributed by atoms with E-state index in [0.717, 1.165) is 70.6 Å².